The van der Waals surface area contributed by atoms with Crippen LogP contribution < -0.4 is 11.5 Å². The van der Waals surface area contributed by atoms with Crippen molar-refractivity contribution in [3.05, 3.63) is 71.8 Å². The van der Waals surface area contributed by atoms with Gasteiger partial charge in [-0.3, -0.25) is 0 Å². The summed E-state index contributed by atoms with van der Waals surface area (Å²) < 4.78 is 79.7. The van der Waals surface area contributed by atoms with Gasteiger partial charge in [0, 0.05) is 11.4 Å². The summed E-state index contributed by atoms with van der Waals surface area (Å²) in [6.07, 6.45) is -9.24. The predicted molar refractivity (Wildman–Crippen MR) is 96.1 cm³/mol. The highest BCUT2D eigenvalue weighted by molar-refractivity contribution is 5.76. The molecule has 0 aliphatic carbocycles. The number of halogens is 6. The minimum atomic E-state index is -4.62. The van der Waals surface area contributed by atoms with Crippen molar-refractivity contribution >= 4 is 11.4 Å². The van der Waals surface area contributed by atoms with E-state index in [2.05, 4.69) is 0 Å². The molecule has 0 aliphatic rings. The van der Waals surface area contributed by atoms with Crippen molar-refractivity contribution in [1.29, 1.82) is 0 Å². The molecule has 2 nitrogen and oxygen atoms in total. The van der Waals surface area contributed by atoms with Crippen LogP contribution in [0.2, 0.25) is 0 Å². The Morgan fingerprint density at radius 1 is 0.500 bits per heavy atom. The van der Waals surface area contributed by atoms with Crippen molar-refractivity contribution in [3.8, 4) is 22.3 Å². The summed E-state index contributed by atoms with van der Waals surface area (Å²) in [5, 5.41) is 0. The molecule has 0 atom stereocenters. The number of anilines is 2. The van der Waals surface area contributed by atoms with Crippen LogP contribution in [0.15, 0.2) is 60.7 Å². The minimum Gasteiger partial charge on any atom is -0.399 e. The van der Waals surface area contributed by atoms with Crippen LogP contribution in [-0.2, 0) is 12.4 Å². The third kappa shape index (κ3) is 3.90. The van der Waals surface area contributed by atoms with Crippen molar-refractivity contribution in [2.24, 2.45) is 0 Å². The van der Waals surface area contributed by atoms with Crippen molar-refractivity contribution in [2.75, 3.05) is 11.5 Å². The fraction of sp³-hybridized carbons (Fsp3) is 0.100. The van der Waals surface area contributed by atoms with Gasteiger partial charge in [-0.15, -0.1) is 0 Å². The summed E-state index contributed by atoms with van der Waals surface area (Å²) in [6.45, 7) is 0. The molecule has 4 N–H and O–H groups in total. The number of nitrogen functional groups attached to an aromatic ring is 2. The van der Waals surface area contributed by atoms with Gasteiger partial charge in [0.05, 0.1) is 11.1 Å². The Kier molecular flexibility index (Phi) is 4.74. The predicted octanol–water partition coefficient (Wildman–Crippen LogP) is 6.22. The molecular formula is C20H14F6N2. The lowest BCUT2D eigenvalue weighted by Crippen LogP contribution is -2.08. The molecule has 3 aromatic rings. The van der Waals surface area contributed by atoms with Crippen molar-refractivity contribution in [1.82, 2.24) is 0 Å². The molecule has 8 heteroatoms. The molecule has 146 valence electrons. The maximum atomic E-state index is 13.3. The monoisotopic (exact) mass is 396 g/mol. The Morgan fingerprint density at radius 2 is 0.821 bits per heavy atom. The van der Waals surface area contributed by atoms with Gasteiger partial charge in [-0.05, 0) is 46.5 Å². The summed E-state index contributed by atoms with van der Waals surface area (Å²) in [5.74, 6) is 0. The highest BCUT2D eigenvalue weighted by Crippen LogP contribution is 2.41. The maximum Gasteiger partial charge on any atom is 0.417 e. The SMILES string of the molecule is Nc1ccc(-c2ccc(-c3ccc(N)cc3C(F)(F)F)cc2)c(C(F)(F)F)c1. The third-order valence-corrected chi connectivity index (χ3v) is 4.20. The Labute approximate surface area is 156 Å². The molecule has 0 radical (unpaired) electrons. The van der Waals surface area contributed by atoms with Gasteiger partial charge in [0.15, 0.2) is 0 Å². The molecule has 0 aromatic heterocycles. The first-order chi connectivity index (χ1) is 13.0. The number of benzene rings is 3. The first-order valence-electron chi connectivity index (χ1n) is 8.01. The smallest absolute Gasteiger partial charge is 0.399 e. The highest BCUT2D eigenvalue weighted by atomic mass is 19.4. The van der Waals surface area contributed by atoms with Gasteiger partial charge in [-0.2, -0.15) is 26.3 Å². The fourth-order valence-electron chi connectivity index (χ4n) is 2.93. The van der Waals surface area contributed by atoms with Crippen LogP contribution in [0.4, 0.5) is 37.7 Å². The first kappa shape index (κ1) is 19.6. The Hall–Kier alpha value is -3.16. The molecule has 0 saturated carbocycles. The lowest BCUT2D eigenvalue weighted by atomic mass is 9.94. The number of alkyl halides is 6. The second-order valence-corrected chi connectivity index (χ2v) is 6.18. The van der Waals surface area contributed by atoms with Gasteiger partial charge >= 0.3 is 12.4 Å². The van der Waals surface area contributed by atoms with Crippen molar-refractivity contribution in [3.63, 3.8) is 0 Å². The zero-order valence-corrected chi connectivity index (χ0v) is 14.2. The molecule has 0 heterocycles. The van der Waals surface area contributed by atoms with E-state index < -0.39 is 23.5 Å². The number of nitrogens with two attached hydrogens (primary N) is 2. The largest absolute Gasteiger partial charge is 0.417 e. The normalized spacial score (nSPS) is 12.2. The first-order valence-corrected chi connectivity index (χ1v) is 8.01. The van der Waals surface area contributed by atoms with Gasteiger partial charge in [0.25, 0.3) is 0 Å². The molecule has 0 fully saturated rings. The van der Waals surface area contributed by atoms with Crippen LogP contribution in [0.5, 0.6) is 0 Å². The van der Waals surface area contributed by atoms with Gasteiger partial charge < -0.3 is 11.5 Å². The maximum absolute atomic E-state index is 13.3. The summed E-state index contributed by atoms with van der Waals surface area (Å²) in [7, 11) is 0. The Bertz CT molecular complexity index is 922. The van der Waals surface area contributed by atoms with E-state index in [1.54, 1.807) is 0 Å². The molecule has 0 unspecified atom stereocenters. The average molecular weight is 396 g/mol. The Balaban J connectivity index is 2.08. The fourth-order valence-corrected chi connectivity index (χ4v) is 2.93. The van der Waals surface area contributed by atoms with E-state index >= 15 is 0 Å². The number of rotatable bonds is 2. The van der Waals surface area contributed by atoms with Crippen molar-refractivity contribution in [2.45, 2.75) is 12.4 Å². The van der Waals surface area contributed by atoms with E-state index in [0.29, 0.717) is 0 Å². The van der Waals surface area contributed by atoms with E-state index in [1.165, 1.54) is 48.5 Å². The van der Waals surface area contributed by atoms with E-state index in [-0.39, 0.29) is 33.6 Å². The minimum absolute atomic E-state index is 0.0376. The molecule has 0 saturated heterocycles. The second-order valence-electron chi connectivity index (χ2n) is 6.18. The lowest BCUT2D eigenvalue weighted by Gasteiger charge is -2.16. The van der Waals surface area contributed by atoms with Crippen LogP contribution in [0.1, 0.15) is 11.1 Å². The van der Waals surface area contributed by atoms with Crippen LogP contribution in [0.3, 0.4) is 0 Å². The Morgan fingerprint density at radius 3 is 1.11 bits per heavy atom. The lowest BCUT2D eigenvalue weighted by molar-refractivity contribution is -0.137. The van der Waals surface area contributed by atoms with Crippen LogP contribution in [-0.4, -0.2) is 0 Å². The van der Waals surface area contributed by atoms with E-state index in [1.807, 2.05) is 0 Å². The summed E-state index contributed by atoms with van der Waals surface area (Å²) in [5.41, 5.74) is 9.21. The molecule has 28 heavy (non-hydrogen) atoms. The quantitative estimate of drug-likeness (QED) is 0.399. The third-order valence-electron chi connectivity index (χ3n) is 4.20. The van der Waals surface area contributed by atoms with E-state index in [9.17, 15) is 26.3 Å². The van der Waals surface area contributed by atoms with Gasteiger partial charge in [0.1, 0.15) is 0 Å². The summed E-state index contributed by atoms with van der Waals surface area (Å²) >= 11 is 0. The van der Waals surface area contributed by atoms with E-state index in [4.69, 9.17) is 11.5 Å². The van der Waals surface area contributed by atoms with Gasteiger partial charge in [0.2, 0.25) is 0 Å². The van der Waals surface area contributed by atoms with Gasteiger partial charge in [-0.25, -0.2) is 0 Å². The second kappa shape index (κ2) is 6.78. The van der Waals surface area contributed by atoms with Crippen LogP contribution >= 0.6 is 0 Å². The highest BCUT2D eigenvalue weighted by Gasteiger charge is 2.35. The van der Waals surface area contributed by atoms with Crippen LogP contribution in [0, 0.1) is 0 Å². The van der Waals surface area contributed by atoms with Crippen molar-refractivity contribution < 1.29 is 26.3 Å². The van der Waals surface area contributed by atoms with E-state index in [0.717, 1.165) is 12.1 Å². The summed E-state index contributed by atoms with van der Waals surface area (Å²) in [6, 6.07) is 12.1. The average Bonchev–Trinajstić information content (AvgIpc) is 2.60. The zero-order chi connectivity index (χ0) is 20.7. The molecule has 3 aromatic carbocycles. The zero-order valence-electron chi connectivity index (χ0n) is 14.2. The molecule has 0 bridgehead atoms. The number of hydrogen-bond donors (Lipinski definition) is 2. The molecule has 3 rings (SSSR count). The number of hydrogen-bond acceptors (Lipinski definition) is 2. The molecular weight excluding hydrogens is 382 g/mol. The van der Waals surface area contributed by atoms with Crippen LogP contribution in [0.25, 0.3) is 22.3 Å². The summed E-state index contributed by atoms with van der Waals surface area (Å²) in [4.78, 5) is 0. The molecule has 0 aliphatic heterocycles. The van der Waals surface area contributed by atoms with Gasteiger partial charge in [-0.1, -0.05) is 36.4 Å². The topological polar surface area (TPSA) is 52.0 Å². The standard InChI is InChI=1S/C20H14F6N2/c21-19(22,23)17-9-13(27)5-7-15(17)11-1-2-12(4-3-11)16-8-6-14(28)10-18(16)20(24,25)26/h1-10H,27-28H2. The molecule has 0 amide bonds. The molecule has 0 spiro atoms.